The molecule has 3 heteroatoms. The van der Waals surface area contributed by atoms with Gasteiger partial charge in [-0.25, -0.2) is 0 Å². The van der Waals surface area contributed by atoms with Crippen molar-refractivity contribution in [1.29, 1.82) is 0 Å². The van der Waals surface area contributed by atoms with Crippen LogP contribution in [0.3, 0.4) is 0 Å². The van der Waals surface area contributed by atoms with Crippen LogP contribution in [0.25, 0.3) is 0 Å². The van der Waals surface area contributed by atoms with E-state index in [4.69, 9.17) is 4.74 Å². The van der Waals surface area contributed by atoms with Crippen molar-refractivity contribution in [3.63, 3.8) is 0 Å². The van der Waals surface area contributed by atoms with E-state index < -0.39 is 0 Å². The minimum atomic E-state index is 0.304. The largest absolute Gasteiger partial charge is 0.496 e. The van der Waals surface area contributed by atoms with Gasteiger partial charge in [0.15, 0.2) is 0 Å². The van der Waals surface area contributed by atoms with E-state index in [-0.39, 0.29) is 0 Å². The molecule has 0 fully saturated rings. The van der Waals surface area contributed by atoms with Crippen LogP contribution in [0.5, 0.6) is 5.75 Å². The van der Waals surface area contributed by atoms with Gasteiger partial charge in [0.2, 0.25) is 0 Å². The first-order chi connectivity index (χ1) is 10.2. The molecule has 0 aliphatic carbocycles. The number of ether oxygens (including phenoxy) is 1. The lowest BCUT2D eigenvalue weighted by atomic mass is 9.97. The van der Waals surface area contributed by atoms with Gasteiger partial charge >= 0.3 is 0 Å². The van der Waals surface area contributed by atoms with Crippen molar-refractivity contribution in [2.75, 3.05) is 13.7 Å². The van der Waals surface area contributed by atoms with Crippen molar-refractivity contribution >= 4 is 22.6 Å². The van der Waals surface area contributed by atoms with Gasteiger partial charge in [-0.05, 0) is 65.2 Å². The molecule has 0 saturated heterocycles. The molecule has 21 heavy (non-hydrogen) atoms. The second kappa shape index (κ2) is 7.80. The Labute approximate surface area is 141 Å². The van der Waals surface area contributed by atoms with Crippen molar-refractivity contribution < 1.29 is 4.74 Å². The van der Waals surface area contributed by atoms with Crippen molar-refractivity contribution in [1.82, 2.24) is 5.32 Å². The fourth-order valence-electron chi connectivity index (χ4n) is 2.57. The number of aryl methyl sites for hydroxylation is 1. The van der Waals surface area contributed by atoms with E-state index in [9.17, 15) is 0 Å². The molecule has 1 unspecified atom stereocenters. The summed E-state index contributed by atoms with van der Waals surface area (Å²) in [5.41, 5.74) is 3.93. The highest BCUT2D eigenvalue weighted by molar-refractivity contribution is 14.1. The smallest absolute Gasteiger partial charge is 0.122 e. The van der Waals surface area contributed by atoms with Crippen LogP contribution in [0.4, 0.5) is 0 Å². The average Bonchev–Trinajstić information content (AvgIpc) is 2.50. The number of methoxy groups -OCH3 is 1. The van der Waals surface area contributed by atoms with Gasteiger partial charge in [0.25, 0.3) is 0 Å². The SMILES string of the molecule is CCNC(Cc1ccccc1OC)c1cccc(C)c1I. The zero-order valence-electron chi connectivity index (χ0n) is 12.8. The van der Waals surface area contributed by atoms with Crippen LogP contribution in [0.15, 0.2) is 42.5 Å². The molecular formula is C18H22INO. The number of para-hydroxylation sites is 1. The van der Waals surface area contributed by atoms with Gasteiger partial charge in [-0.3, -0.25) is 0 Å². The van der Waals surface area contributed by atoms with Crippen LogP contribution < -0.4 is 10.1 Å². The maximum atomic E-state index is 5.48. The van der Waals surface area contributed by atoms with Crippen molar-refractivity contribution in [3.8, 4) is 5.75 Å². The quantitative estimate of drug-likeness (QED) is 0.728. The number of hydrogen-bond donors (Lipinski definition) is 1. The molecule has 1 N–H and O–H groups in total. The highest BCUT2D eigenvalue weighted by Crippen LogP contribution is 2.28. The molecule has 0 aromatic heterocycles. The van der Waals surface area contributed by atoms with Crippen LogP contribution in [0.2, 0.25) is 0 Å². The molecule has 0 heterocycles. The third kappa shape index (κ3) is 3.98. The Kier molecular flexibility index (Phi) is 6.06. The molecule has 0 aliphatic rings. The second-order valence-electron chi connectivity index (χ2n) is 5.10. The zero-order chi connectivity index (χ0) is 15.2. The number of likely N-dealkylation sites (N-methyl/N-ethyl adjacent to an activating group) is 1. The van der Waals surface area contributed by atoms with Gasteiger partial charge in [-0.1, -0.05) is 43.3 Å². The van der Waals surface area contributed by atoms with Crippen molar-refractivity contribution in [3.05, 3.63) is 62.7 Å². The van der Waals surface area contributed by atoms with Gasteiger partial charge in [0.1, 0.15) is 5.75 Å². The second-order valence-corrected chi connectivity index (χ2v) is 6.18. The number of hydrogen-bond acceptors (Lipinski definition) is 2. The standard InChI is InChI=1S/C18H22INO/c1-4-20-16(15-10-7-8-13(2)18(15)19)12-14-9-5-6-11-17(14)21-3/h5-11,16,20H,4,12H2,1-3H3. The summed E-state index contributed by atoms with van der Waals surface area (Å²) in [6.45, 7) is 5.26. The Balaban J connectivity index is 2.33. The number of rotatable bonds is 6. The molecule has 1 atom stereocenters. The van der Waals surface area contributed by atoms with Crippen LogP contribution in [-0.2, 0) is 6.42 Å². The maximum Gasteiger partial charge on any atom is 0.122 e. The molecule has 112 valence electrons. The monoisotopic (exact) mass is 395 g/mol. The molecule has 0 spiro atoms. The molecule has 0 aliphatic heterocycles. The van der Waals surface area contributed by atoms with Crippen molar-refractivity contribution in [2.45, 2.75) is 26.3 Å². The van der Waals surface area contributed by atoms with Gasteiger partial charge in [0.05, 0.1) is 7.11 Å². The number of nitrogens with one attached hydrogen (secondary N) is 1. The molecule has 0 saturated carbocycles. The summed E-state index contributed by atoms with van der Waals surface area (Å²) >= 11 is 2.45. The molecule has 0 bridgehead atoms. The van der Waals surface area contributed by atoms with E-state index in [2.05, 4.69) is 72.1 Å². The lowest BCUT2D eigenvalue weighted by Crippen LogP contribution is -2.24. The lowest BCUT2D eigenvalue weighted by molar-refractivity contribution is 0.405. The fourth-order valence-corrected chi connectivity index (χ4v) is 3.30. The minimum absolute atomic E-state index is 0.304. The highest BCUT2D eigenvalue weighted by atomic mass is 127. The van der Waals surface area contributed by atoms with Gasteiger partial charge in [-0.2, -0.15) is 0 Å². The van der Waals surface area contributed by atoms with E-state index in [0.717, 1.165) is 18.7 Å². The molecule has 0 radical (unpaired) electrons. The number of halogens is 1. The summed E-state index contributed by atoms with van der Waals surface area (Å²) in [6, 6.07) is 15.1. The lowest BCUT2D eigenvalue weighted by Gasteiger charge is -2.22. The number of benzene rings is 2. The van der Waals surface area contributed by atoms with Crippen LogP contribution in [0, 0.1) is 10.5 Å². The topological polar surface area (TPSA) is 21.3 Å². The third-order valence-electron chi connectivity index (χ3n) is 3.66. The summed E-state index contributed by atoms with van der Waals surface area (Å²) in [5.74, 6) is 0.961. The average molecular weight is 395 g/mol. The van der Waals surface area contributed by atoms with E-state index in [1.54, 1.807) is 7.11 Å². The molecule has 2 aromatic carbocycles. The first-order valence-electron chi connectivity index (χ1n) is 7.27. The Hall–Kier alpha value is -1.07. The summed E-state index contributed by atoms with van der Waals surface area (Å²) in [5, 5.41) is 3.61. The predicted molar refractivity (Wildman–Crippen MR) is 97.0 cm³/mol. The zero-order valence-corrected chi connectivity index (χ0v) is 15.0. The van der Waals surface area contributed by atoms with Gasteiger partial charge < -0.3 is 10.1 Å². The Morgan fingerprint density at radius 2 is 1.90 bits per heavy atom. The Morgan fingerprint density at radius 1 is 1.14 bits per heavy atom. The van der Waals surface area contributed by atoms with E-state index in [1.165, 1.54) is 20.3 Å². The fraction of sp³-hybridized carbons (Fsp3) is 0.333. The molecule has 2 rings (SSSR count). The minimum Gasteiger partial charge on any atom is -0.496 e. The van der Waals surface area contributed by atoms with Crippen LogP contribution in [0.1, 0.15) is 29.7 Å². The van der Waals surface area contributed by atoms with Crippen LogP contribution >= 0.6 is 22.6 Å². The molecule has 0 amide bonds. The summed E-state index contributed by atoms with van der Waals surface area (Å²) in [4.78, 5) is 0. The third-order valence-corrected chi connectivity index (χ3v) is 5.14. The molecule has 2 nitrogen and oxygen atoms in total. The van der Waals surface area contributed by atoms with Crippen LogP contribution in [-0.4, -0.2) is 13.7 Å². The maximum absolute atomic E-state index is 5.48. The Morgan fingerprint density at radius 3 is 2.62 bits per heavy atom. The van der Waals surface area contributed by atoms with Gasteiger partial charge in [0, 0.05) is 9.61 Å². The highest BCUT2D eigenvalue weighted by Gasteiger charge is 2.16. The van der Waals surface area contributed by atoms with E-state index in [1.807, 2.05) is 12.1 Å². The summed E-state index contributed by atoms with van der Waals surface area (Å²) in [7, 11) is 1.73. The summed E-state index contributed by atoms with van der Waals surface area (Å²) in [6.07, 6.45) is 0.928. The first kappa shape index (κ1) is 16.3. The summed E-state index contributed by atoms with van der Waals surface area (Å²) < 4.78 is 6.83. The first-order valence-corrected chi connectivity index (χ1v) is 8.35. The molecular weight excluding hydrogens is 373 g/mol. The van der Waals surface area contributed by atoms with E-state index >= 15 is 0 Å². The Bertz CT molecular complexity index is 598. The van der Waals surface area contributed by atoms with Crippen molar-refractivity contribution in [2.24, 2.45) is 0 Å². The van der Waals surface area contributed by atoms with Gasteiger partial charge in [-0.15, -0.1) is 0 Å². The molecule has 2 aromatic rings. The predicted octanol–water partition coefficient (Wildman–Crippen LogP) is 4.50. The van der Waals surface area contributed by atoms with E-state index in [0.29, 0.717) is 6.04 Å². The normalized spacial score (nSPS) is 12.2.